The van der Waals surface area contributed by atoms with Crippen LogP contribution < -0.4 is 10.6 Å². The molecule has 1 amide bonds. The molecule has 2 rings (SSSR count). The third-order valence-corrected chi connectivity index (χ3v) is 2.84. The highest BCUT2D eigenvalue weighted by molar-refractivity contribution is 5.99. The Bertz CT molecular complexity index is 578. The third kappa shape index (κ3) is 3.57. The maximum atomic E-state index is 12.2. The normalized spacial score (nSPS) is 10.3. The molecule has 2 N–H and O–H groups in total. The summed E-state index contributed by atoms with van der Waals surface area (Å²) in [5, 5.41) is 10.2. The van der Waals surface area contributed by atoms with Crippen molar-refractivity contribution in [1.29, 1.82) is 0 Å². The molecular formula is C14H19N5O. The summed E-state index contributed by atoms with van der Waals surface area (Å²) >= 11 is 0. The minimum Gasteiger partial charge on any atom is -0.384 e. The van der Waals surface area contributed by atoms with Crippen LogP contribution in [0.25, 0.3) is 0 Å². The number of carbonyl (C=O) groups excluding carboxylic acids is 1. The van der Waals surface area contributed by atoms with Gasteiger partial charge in [0.1, 0.15) is 0 Å². The predicted octanol–water partition coefficient (Wildman–Crippen LogP) is 1.57. The zero-order chi connectivity index (χ0) is 14.4. The van der Waals surface area contributed by atoms with Crippen LogP contribution in [0.3, 0.4) is 0 Å². The number of anilines is 1. The van der Waals surface area contributed by atoms with Crippen molar-refractivity contribution in [2.75, 3.05) is 11.9 Å². The summed E-state index contributed by atoms with van der Waals surface area (Å²) in [4.78, 5) is 16.2. The second-order valence-electron chi connectivity index (χ2n) is 4.55. The van der Waals surface area contributed by atoms with Gasteiger partial charge in [-0.05, 0) is 12.5 Å². The van der Waals surface area contributed by atoms with E-state index < -0.39 is 0 Å². The number of nitrogens with one attached hydrogen (secondary N) is 2. The van der Waals surface area contributed by atoms with Gasteiger partial charge in [-0.3, -0.25) is 14.5 Å². The maximum absolute atomic E-state index is 12.2. The molecule has 6 heteroatoms. The van der Waals surface area contributed by atoms with Crippen molar-refractivity contribution < 1.29 is 4.79 Å². The van der Waals surface area contributed by atoms with Crippen LogP contribution in [0.2, 0.25) is 0 Å². The van der Waals surface area contributed by atoms with Gasteiger partial charge in [0, 0.05) is 44.3 Å². The first kappa shape index (κ1) is 14.0. The predicted molar refractivity (Wildman–Crippen MR) is 77.4 cm³/mol. The van der Waals surface area contributed by atoms with Crippen LogP contribution in [0.4, 0.5) is 5.69 Å². The van der Waals surface area contributed by atoms with Crippen LogP contribution in [-0.2, 0) is 13.6 Å². The fraction of sp³-hybridized carbons (Fsp3) is 0.357. The van der Waals surface area contributed by atoms with E-state index in [0.29, 0.717) is 12.1 Å². The molecule has 20 heavy (non-hydrogen) atoms. The molecule has 0 aliphatic heterocycles. The van der Waals surface area contributed by atoms with Crippen molar-refractivity contribution in [2.24, 2.45) is 7.05 Å². The number of hydrogen-bond acceptors (Lipinski definition) is 4. The van der Waals surface area contributed by atoms with E-state index >= 15 is 0 Å². The first-order valence-electron chi connectivity index (χ1n) is 6.64. The van der Waals surface area contributed by atoms with E-state index in [9.17, 15) is 4.79 Å². The number of rotatable bonds is 6. The van der Waals surface area contributed by atoms with Crippen LogP contribution in [0, 0.1) is 0 Å². The molecule has 0 atom stereocenters. The van der Waals surface area contributed by atoms with E-state index in [4.69, 9.17) is 0 Å². The molecule has 6 nitrogen and oxygen atoms in total. The SMILES string of the molecule is CCCNc1ccncc1C(=O)NCc1cnn(C)c1. The minimum atomic E-state index is -0.138. The van der Waals surface area contributed by atoms with Crippen LogP contribution in [0.5, 0.6) is 0 Å². The zero-order valence-corrected chi connectivity index (χ0v) is 11.8. The quantitative estimate of drug-likeness (QED) is 0.838. The number of amides is 1. The molecule has 2 aromatic heterocycles. The topological polar surface area (TPSA) is 71.8 Å². The largest absolute Gasteiger partial charge is 0.384 e. The van der Waals surface area contributed by atoms with E-state index in [1.54, 1.807) is 23.3 Å². The number of aromatic nitrogens is 3. The summed E-state index contributed by atoms with van der Waals surface area (Å²) in [6, 6.07) is 1.81. The van der Waals surface area contributed by atoms with Crippen molar-refractivity contribution in [3.05, 3.63) is 42.0 Å². The number of aryl methyl sites for hydroxylation is 1. The van der Waals surface area contributed by atoms with Crippen molar-refractivity contribution in [3.8, 4) is 0 Å². The summed E-state index contributed by atoms with van der Waals surface area (Å²) < 4.78 is 1.71. The summed E-state index contributed by atoms with van der Waals surface area (Å²) in [5.74, 6) is -0.138. The number of nitrogens with zero attached hydrogens (tertiary/aromatic N) is 3. The van der Waals surface area contributed by atoms with Crippen LogP contribution >= 0.6 is 0 Å². The van der Waals surface area contributed by atoms with Gasteiger partial charge in [0.15, 0.2) is 0 Å². The fourth-order valence-electron chi connectivity index (χ4n) is 1.83. The highest BCUT2D eigenvalue weighted by Gasteiger charge is 2.11. The molecule has 0 aromatic carbocycles. The Labute approximate surface area is 118 Å². The molecule has 0 spiro atoms. The molecule has 2 heterocycles. The first-order chi connectivity index (χ1) is 9.70. The highest BCUT2D eigenvalue weighted by atomic mass is 16.1. The number of carbonyl (C=O) groups is 1. The van der Waals surface area contributed by atoms with Gasteiger partial charge >= 0.3 is 0 Å². The molecule has 0 radical (unpaired) electrons. The molecule has 0 fully saturated rings. The lowest BCUT2D eigenvalue weighted by Crippen LogP contribution is -2.24. The summed E-state index contributed by atoms with van der Waals surface area (Å²) in [7, 11) is 1.85. The van der Waals surface area contributed by atoms with E-state index in [1.807, 2.05) is 19.3 Å². The summed E-state index contributed by atoms with van der Waals surface area (Å²) in [6.07, 6.45) is 7.87. The Morgan fingerprint density at radius 2 is 2.25 bits per heavy atom. The van der Waals surface area contributed by atoms with Crippen LogP contribution in [0.1, 0.15) is 29.3 Å². The molecule has 2 aromatic rings. The monoisotopic (exact) mass is 273 g/mol. The Hall–Kier alpha value is -2.37. The van der Waals surface area contributed by atoms with Gasteiger partial charge in [-0.2, -0.15) is 5.10 Å². The van der Waals surface area contributed by atoms with E-state index in [0.717, 1.165) is 24.2 Å². The minimum absolute atomic E-state index is 0.138. The maximum Gasteiger partial charge on any atom is 0.255 e. The molecule has 0 unspecified atom stereocenters. The molecule has 0 bridgehead atoms. The van der Waals surface area contributed by atoms with Crippen LogP contribution in [0.15, 0.2) is 30.9 Å². The van der Waals surface area contributed by atoms with E-state index in [-0.39, 0.29) is 5.91 Å². The summed E-state index contributed by atoms with van der Waals surface area (Å²) in [6.45, 7) is 3.36. The van der Waals surface area contributed by atoms with Crippen molar-refractivity contribution in [2.45, 2.75) is 19.9 Å². The Morgan fingerprint density at radius 1 is 1.40 bits per heavy atom. The number of pyridine rings is 1. The Kier molecular flexibility index (Phi) is 4.70. The van der Waals surface area contributed by atoms with E-state index in [2.05, 4.69) is 27.6 Å². The van der Waals surface area contributed by atoms with Gasteiger partial charge in [0.25, 0.3) is 5.91 Å². The second kappa shape index (κ2) is 6.70. The number of hydrogen-bond donors (Lipinski definition) is 2. The third-order valence-electron chi connectivity index (χ3n) is 2.84. The van der Waals surface area contributed by atoms with Gasteiger partial charge < -0.3 is 10.6 Å². The lowest BCUT2D eigenvalue weighted by Gasteiger charge is -2.10. The van der Waals surface area contributed by atoms with Gasteiger partial charge in [-0.25, -0.2) is 0 Å². The molecule has 0 saturated heterocycles. The molecule has 0 aliphatic carbocycles. The highest BCUT2D eigenvalue weighted by Crippen LogP contribution is 2.13. The Morgan fingerprint density at radius 3 is 2.95 bits per heavy atom. The zero-order valence-electron chi connectivity index (χ0n) is 11.8. The first-order valence-corrected chi connectivity index (χ1v) is 6.64. The lowest BCUT2D eigenvalue weighted by molar-refractivity contribution is 0.0951. The van der Waals surface area contributed by atoms with Crippen LogP contribution in [-0.4, -0.2) is 27.2 Å². The standard InChI is InChI=1S/C14H19N5O/c1-3-5-16-13-4-6-15-9-12(13)14(20)17-7-11-8-18-19(2)10-11/h4,6,8-10H,3,5,7H2,1-2H3,(H,15,16)(H,17,20). The van der Waals surface area contributed by atoms with Crippen molar-refractivity contribution in [3.63, 3.8) is 0 Å². The Balaban J connectivity index is 2.01. The molecular weight excluding hydrogens is 254 g/mol. The van der Waals surface area contributed by atoms with Gasteiger partial charge in [0.2, 0.25) is 0 Å². The molecule has 0 saturated carbocycles. The van der Waals surface area contributed by atoms with Gasteiger partial charge in [0.05, 0.1) is 17.4 Å². The summed E-state index contributed by atoms with van der Waals surface area (Å²) in [5.41, 5.74) is 2.34. The average Bonchev–Trinajstić information content (AvgIpc) is 2.88. The van der Waals surface area contributed by atoms with Crippen molar-refractivity contribution in [1.82, 2.24) is 20.1 Å². The van der Waals surface area contributed by atoms with Gasteiger partial charge in [-0.1, -0.05) is 6.92 Å². The lowest BCUT2D eigenvalue weighted by atomic mass is 10.2. The fourth-order valence-corrected chi connectivity index (χ4v) is 1.83. The van der Waals surface area contributed by atoms with Gasteiger partial charge in [-0.15, -0.1) is 0 Å². The second-order valence-corrected chi connectivity index (χ2v) is 4.55. The molecule has 0 aliphatic rings. The average molecular weight is 273 g/mol. The van der Waals surface area contributed by atoms with Crippen molar-refractivity contribution >= 4 is 11.6 Å². The van der Waals surface area contributed by atoms with E-state index in [1.165, 1.54) is 0 Å². The molecule has 106 valence electrons. The smallest absolute Gasteiger partial charge is 0.255 e.